The summed E-state index contributed by atoms with van der Waals surface area (Å²) in [5, 5.41) is 2.67. The molecule has 0 aliphatic carbocycles. The second-order valence-corrected chi connectivity index (χ2v) is 8.18. The molecule has 0 radical (unpaired) electrons. The van der Waals surface area contributed by atoms with Gasteiger partial charge in [-0.15, -0.1) is 0 Å². The number of ether oxygens (including phenoxy) is 2. The number of rotatable bonds is 8. The molecule has 0 bridgehead atoms. The molecule has 0 saturated heterocycles. The Bertz CT molecular complexity index is 998. The second kappa shape index (κ2) is 9.08. The van der Waals surface area contributed by atoms with Crippen molar-refractivity contribution in [3.05, 3.63) is 53.6 Å². The number of nitrogens with one attached hydrogen (secondary N) is 1. The molecule has 0 aliphatic heterocycles. The Balaban J connectivity index is 2.19. The summed E-state index contributed by atoms with van der Waals surface area (Å²) in [7, 11) is -0.932. The monoisotopic (exact) mass is 428 g/mol. The van der Waals surface area contributed by atoms with Gasteiger partial charge in [0.15, 0.2) is 23.1 Å². The number of methoxy groups -OCH3 is 2. The summed E-state index contributed by atoms with van der Waals surface area (Å²) in [5.41, 5.74) is 0.551. The minimum Gasteiger partial charge on any atom is -0.493 e. The molecule has 29 heavy (non-hydrogen) atoms. The number of halogens is 2. The molecule has 1 atom stereocenters. The zero-order chi connectivity index (χ0) is 21.8. The van der Waals surface area contributed by atoms with E-state index >= 15 is 0 Å². The van der Waals surface area contributed by atoms with E-state index in [1.54, 1.807) is 25.1 Å². The average Bonchev–Trinajstić information content (AvgIpc) is 2.66. The SMILES string of the molecule is COc1ccc([C@@H](C)NC(=O)CN(c2ccc(F)c(F)c2)S(C)(=O)=O)cc1OC. The van der Waals surface area contributed by atoms with E-state index in [-0.39, 0.29) is 5.69 Å². The van der Waals surface area contributed by atoms with Gasteiger partial charge in [0.2, 0.25) is 15.9 Å². The predicted molar refractivity (Wildman–Crippen MR) is 105 cm³/mol. The van der Waals surface area contributed by atoms with E-state index in [0.29, 0.717) is 21.4 Å². The second-order valence-electron chi connectivity index (χ2n) is 6.27. The Kier molecular flexibility index (Phi) is 7.02. The van der Waals surface area contributed by atoms with Crippen molar-refractivity contribution >= 4 is 21.6 Å². The lowest BCUT2D eigenvalue weighted by atomic mass is 10.1. The predicted octanol–water partition coefficient (Wildman–Crippen LogP) is 2.63. The van der Waals surface area contributed by atoms with Crippen molar-refractivity contribution in [3.8, 4) is 11.5 Å². The topological polar surface area (TPSA) is 84.9 Å². The van der Waals surface area contributed by atoms with Gasteiger partial charge < -0.3 is 14.8 Å². The lowest BCUT2D eigenvalue weighted by Gasteiger charge is -2.23. The molecule has 2 aromatic carbocycles. The van der Waals surface area contributed by atoms with E-state index in [0.717, 1.165) is 24.5 Å². The first-order valence-corrected chi connectivity index (χ1v) is 10.4. The third kappa shape index (κ3) is 5.57. The van der Waals surface area contributed by atoms with Gasteiger partial charge in [0, 0.05) is 6.07 Å². The third-order valence-electron chi connectivity index (χ3n) is 4.16. The van der Waals surface area contributed by atoms with Crippen LogP contribution >= 0.6 is 0 Å². The summed E-state index contributed by atoms with van der Waals surface area (Å²) in [6.45, 7) is 1.11. The molecule has 0 saturated carbocycles. The van der Waals surface area contributed by atoms with Crippen LogP contribution in [0, 0.1) is 11.6 Å². The van der Waals surface area contributed by atoms with Crippen LogP contribution in [0.15, 0.2) is 36.4 Å². The van der Waals surface area contributed by atoms with Gasteiger partial charge in [-0.2, -0.15) is 0 Å². The third-order valence-corrected chi connectivity index (χ3v) is 5.30. The summed E-state index contributed by atoms with van der Waals surface area (Å²) in [4.78, 5) is 12.4. The molecule has 0 aromatic heterocycles. The van der Waals surface area contributed by atoms with E-state index in [9.17, 15) is 22.0 Å². The standard InChI is InChI=1S/C19H22F2N2O5S/c1-12(13-5-8-17(27-2)18(9-13)28-3)22-19(24)11-23(29(4,25)26)14-6-7-15(20)16(21)10-14/h5-10,12H,11H2,1-4H3,(H,22,24)/t12-/m1/s1. The molecule has 0 heterocycles. The molecule has 2 aromatic rings. The molecule has 1 N–H and O–H groups in total. The van der Waals surface area contributed by atoms with Crippen LogP contribution in [0.5, 0.6) is 11.5 Å². The summed E-state index contributed by atoms with van der Waals surface area (Å²) >= 11 is 0. The number of hydrogen-bond acceptors (Lipinski definition) is 5. The van der Waals surface area contributed by atoms with Crippen molar-refractivity contribution in [2.75, 3.05) is 31.3 Å². The maximum Gasteiger partial charge on any atom is 0.241 e. The highest BCUT2D eigenvalue weighted by molar-refractivity contribution is 7.92. The smallest absolute Gasteiger partial charge is 0.241 e. The van der Waals surface area contributed by atoms with Crippen LogP contribution in [0.4, 0.5) is 14.5 Å². The Morgan fingerprint density at radius 1 is 1.07 bits per heavy atom. The van der Waals surface area contributed by atoms with Gasteiger partial charge in [-0.05, 0) is 36.8 Å². The van der Waals surface area contributed by atoms with Crippen LogP contribution in [-0.4, -0.2) is 41.3 Å². The average molecular weight is 428 g/mol. The minimum absolute atomic E-state index is 0.152. The molecule has 0 spiro atoms. The lowest BCUT2D eigenvalue weighted by Crippen LogP contribution is -2.41. The number of amides is 1. The molecule has 10 heteroatoms. The van der Waals surface area contributed by atoms with Gasteiger partial charge in [0.05, 0.1) is 32.2 Å². The first kappa shape index (κ1) is 22.4. The van der Waals surface area contributed by atoms with Gasteiger partial charge in [0.1, 0.15) is 6.54 Å². The molecular formula is C19H22F2N2O5S. The fourth-order valence-electron chi connectivity index (χ4n) is 2.66. The zero-order valence-corrected chi connectivity index (χ0v) is 17.2. The van der Waals surface area contributed by atoms with Crippen LogP contribution in [0.2, 0.25) is 0 Å². The highest BCUT2D eigenvalue weighted by Crippen LogP contribution is 2.30. The number of carbonyl (C=O) groups excluding carboxylic acids is 1. The molecule has 1 amide bonds. The number of benzene rings is 2. The van der Waals surface area contributed by atoms with Crippen LogP contribution in [0.25, 0.3) is 0 Å². The first-order chi connectivity index (χ1) is 13.6. The van der Waals surface area contributed by atoms with Crippen molar-refractivity contribution < 1.29 is 31.5 Å². The van der Waals surface area contributed by atoms with Gasteiger partial charge in [-0.1, -0.05) is 6.07 Å². The molecule has 7 nitrogen and oxygen atoms in total. The highest BCUT2D eigenvalue weighted by Gasteiger charge is 2.23. The maximum absolute atomic E-state index is 13.5. The van der Waals surface area contributed by atoms with Crippen molar-refractivity contribution in [3.63, 3.8) is 0 Å². The maximum atomic E-state index is 13.5. The largest absolute Gasteiger partial charge is 0.493 e. The first-order valence-electron chi connectivity index (χ1n) is 8.51. The van der Waals surface area contributed by atoms with Crippen LogP contribution < -0.4 is 19.1 Å². The fraction of sp³-hybridized carbons (Fsp3) is 0.316. The molecule has 0 fully saturated rings. The van der Waals surface area contributed by atoms with Crippen molar-refractivity contribution in [1.29, 1.82) is 0 Å². The Morgan fingerprint density at radius 3 is 2.28 bits per heavy atom. The summed E-state index contributed by atoms with van der Waals surface area (Å²) in [6, 6.07) is 7.23. The number of nitrogens with zero attached hydrogens (tertiary/aromatic N) is 1. The number of carbonyl (C=O) groups is 1. The summed E-state index contributed by atoms with van der Waals surface area (Å²) in [6.07, 6.45) is 0.874. The molecule has 0 unspecified atom stereocenters. The van der Waals surface area contributed by atoms with Crippen molar-refractivity contribution in [1.82, 2.24) is 5.32 Å². The van der Waals surface area contributed by atoms with Gasteiger partial charge >= 0.3 is 0 Å². The van der Waals surface area contributed by atoms with E-state index in [1.807, 2.05) is 0 Å². The summed E-state index contributed by atoms with van der Waals surface area (Å²) in [5.74, 6) is -1.95. The van der Waals surface area contributed by atoms with E-state index in [1.165, 1.54) is 14.2 Å². The van der Waals surface area contributed by atoms with Crippen LogP contribution in [0.3, 0.4) is 0 Å². The molecular weight excluding hydrogens is 406 g/mol. The molecule has 2 rings (SSSR count). The zero-order valence-electron chi connectivity index (χ0n) is 16.4. The van der Waals surface area contributed by atoms with Gasteiger partial charge in [-0.3, -0.25) is 9.10 Å². The number of anilines is 1. The van der Waals surface area contributed by atoms with E-state index in [4.69, 9.17) is 9.47 Å². The quantitative estimate of drug-likeness (QED) is 0.699. The Hall–Kier alpha value is -2.88. The lowest BCUT2D eigenvalue weighted by molar-refractivity contribution is -0.120. The van der Waals surface area contributed by atoms with Crippen LogP contribution in [0.1, 0.15) is 18.5 Å². The van der Waals surface area contributed by atoms with Gasteiger partial charge in [-0.25, -0.2) is 17.2 Å². The summed E-state index contributed by atoms with van der Waals surface area (Å²) < 4.78 is 61.9. The fourth-order valence-corrected chi connectivity index (χ4v) is 3.51. The van der Waals surface area contributed by atoms with E-state index < -0.39 is 40.2 Å². The van der Waals surface area contributed by atoms with E-state index in [2.05, 4.69) is 5.32 Å². The normalized spacial score (nSPS) is 12.2. The number of hydrogen-bond donors (Lipinski definition) is 1. The van der Waals surface area contributed by atoms with Crippen LogP contribution in [-0.2, 0) is 14.8 Å². The van der Waals surface area contributed by atoms with Crippen molar-refractivity contribution in [2.24, 2.45) is 0 Å². The van der Waals surface area contributed by atoms with Crippen molar-refractivity contribution in [2.45, 2.75) is 13.0 Å². The minimum atomic E-state index is -3.92. The molecule has 0 aliphatic rings. The Morgan fingerprint density at radius 2 is 1.72 bits per heavy atom. The van der Waals surface area contributed by atoms with Gasteiger partial charge in [0.25, 0.3) is 0 Å². The highest BCUT2D eigenvalue weighted by atomic mass is 32.2. The number of sulfonamides is 1. The molecule has 158 valence electrons. The Labute approximate surface area is 168 Å².